The number of nitrogens with one attached hydrogen (secondary N) is 3. The summed E-state index contributed by atoms with van der Waals surface area (Å²) < 4.78 is 0. The highest BCUT2D eigenvalue weighted by Gasteiger charge is 2.37. The summed E-state index contributed by atoms with van der Waals surface area (Å²) in [6.45, 7) is 4.32. The summed E-state index contributed by atoms with van der Waals surface area (Å²) in [7, 11) is 1.94. The highest BCUT2D eigenvalue weighted by molar-refractivity contribution is 5.52. The van der Waals surface area contributed by atoms with Crippen molar-refractivity contribution in [3.05, 3.63) is 35.3 Å². The Morgan fingerprint density at radius 2 is 2.20 bits per heavy atom. The van der Waals surface area contributed by atoms with Gasteiger partial charge in [0.05, 0.1) is 11.2 Å². The molecule has 1 heterocycles. The van der Waals surface area contributed by atoms with Gasteiger partial charge >= 0.3 is 0 Å². The summed E-state index contributed by atoms with van der Waals surface area (Å²) in [5.74, 6) is 0.398. The molecule has 0 amide bonds. The van der Waals surface area contributed by atoms with Crippen molar-refractivity contribution in [3.63, 3.8) is 0 Å². The van der Waals surface area contributed by atoms with E-state index in [2.05, 4.69) is 36.1 Å². The Bertz CT molecular complexity index is 365. The van der Waals surface area contributed by atoms with Crippen molar-refractivity contribution in [1.82, 2.24) is 16.2 Å². The molecule has 0 spiro atoms. The van der Waals surface area contributed by atoms with Gasteiger partial charge in [-0.05, 0) is 25.1 Å². The molecular formula is C11H18N4. The van der Waals surface area contributed by atoms with Crippen LogP contribution in [0.2, 0.25) is 0 Å². The minimum absolute atomic E-state index is 0.244. The number of allylic oxidation sites excluding steroid dienone is 1. The predicted molar refractivity (Wildman–Crippen MR) is 61.3 cm³/mol. The summed E-state index contributed by atoms with van der Waals surface area (Å²) >= 11 is 0. The average molecular weight is 206 g/mol. The molecule has 0 aromatic heterocycles. The molecule has 1 unspecified atom stereocenters. The maximum Gasteiger partial charge on any atom is 0.0810 e. The fourth-order valence-corrected chi connectivity index (χ4v) is 2.18. The lowest BCUT2D eigenvalue weighted by molar-refractivity contribution is 0.366. The Labute approximate surface area is 90.3 Å². The smallest absolute Gasteiger partial charge is 0.0810 e. The zero-order chi connectivity index (χ0) is 11.1. The number of hydrogen-bond donors (Lipinski definition) is 4. The number of rotatable bonds is 2. The summed E-state index contributed by atoms with van der Waals surface area (Å²) in [5.41, 5.74) is 15.0. The van der Waals surface area contributed by atoms with Crippen molar-refractivity contribution >= 4 is 0 Å². The van der Waals surface area contributed by atoms with E-state index in [4.69, 9.17) is 5.73 Å². The van der Waals surface area contributed by atoms with Crippen molar-refractivity contribution in [2.45, 2.75) is 19.4 Å². The maximum atomic E-state index is 6.14. The van der Waals surface area contributed by atoms with E-state index in [0.717, 1.165) is 17.0 Å². The van der Waals surface area contributed by atoms with E-state index in [1.54, 1.807) is 0 Å². The Balaban J connectivity index is 2.46. The van der Waals surface area contributed by atoms with Gasteiger partial charge in [-0.15, -0.1) is 0 Å². The Hall–Kier alpha value is -1.42. The predicted octanol–water partition coefficient (Wildman–Crippen LogP) is 0.332. The van der Waals surface area contributed by atoms with Gasteiger partial charge in [0, 0.05) is 17.5 Å². The topological polar surface area (TPSA) is 62.1 Å². The first-order chi connectivity index (χ1) is 7.10. The Morgan fingerprint density at radius 1 is 1.47 bits per heavy atom. The molecule has 0 bridgehead atoms. The summed E-state index contributed by atoms with van der Waals surface area (Å²) in [6, 6.07) is 0. The first kappa shape index (κ1) is 10.1. The van der Waals surface area contributed by atoms with E-state index in [-0.39, 0.29) is 5.54 Å². The molecule has 0 saturated heterocycles. The van der Waals surface area contributed by atoms with E-state index in [9.17, 15) is 0 Å². The van der Waals surface area contributed by atoms with Gasteiger partial charge in [0.25, 0.3) is 0 Å². The third-order valence-corrected chi connectivity index (χ3v) is 3.23. The highest BCUT2D eigenvalue weighted by Crippen LogP contribution is 2.32. The molecule has 4 heteroatoms. The molecule has 2 rings (SSSR count). The molecule has 2 aliphatic rings. The third-order valence-electron chi connectivity index (χ3n) is 3.23. The van der Waals surface area contributed by atoms with Gasteiger partial charge in [0.2, 0.25) is 0 Å². The highest BCUT2D eigenvalue weighted by atomic mass is 15.4. The van der Waals surface area contributed by atoms with Gasteiger partial charge < -0.3 is 21.9 Å². The molecule has 0 saturated carbocycles. The normalized spacial score (nSPS) is 28.7. The number of likely N-dealkylation sites (N-methyl/N-ethyl adjacent to an activating group) is 1. The lowest BCUT2D eigenvalue weighted by Crippen LogP contribution is -2.52. The van der Waals surface area contributed by atoms with Crippen LogP contribution in [0.3, 0.4) is 0 Å². The van der Waals surface area contributed by atoms with Gasteiger partial charge in [0.1, 0.15) is 0 Å². The lowest BCUT2D eigenvalue weighted by atomic mass is 9.78. The van der Waals surface area contributed by atoms with Crippen molar-refractivity contribution in [2.75, 3.05) is 7.05 Å². The largest absolute Gasteiger partial charge is 0.400 e. The number of hydrazine groups is 1. The molecule has 0 aromatic carbocycles. The van der Waals surface area contributed by atoms with Gasteiger partial charge in [-0.2, -0.15) is 0 Å². The zero-order valence-corrected chi connectivity index (χ0v) is 9.39. The molecule has 0 radical (unpaired) electrons. The van der Waals surface area contributed by atoms with Gasteiger partial charge in [-0.25, -0.2) is 0 Å². The molecule has 82 valence electrons. The first-order valence-corrected chi connectivity index (χ1v) is 5.21. The van der Waals surface area contributed by atoms with Crippen molar-refractivity contribution in [2.24, 2.45) is 11.7 Å². The van der Waals surface area contributed by atoms with E-state index in [0.29, 0.717) is 5.92 Å². The molecule has 0 aromatic rings. The van der Waals surface area contributed by atoms with Crippen molar-refractivity contribution in [3.8, 4) is 0 Å². The molecule has 1 atom stereocenters. The second-order valence-electron chi connectivity index (χ2n) is 4.30. The monoisotopic (exact) mass is 206 g/mol. The van der Waals surface area contributed by atoms with E-state index in [1.165, 1.54) is 0 Å². The van der Waals surface area contributed by atoms with Crippen LogP contribution in [-0.4, -0.2) is 12.6 Å². The standard InChI is InChI=1S/C11H18N4/c1-7(2)11(13-3)5-9-8(4-10(11)12)6-14-15-9/h4-7,13-15H,12H2,1-3H3. The molecule has 15 heavy (non-hydrogen) atoms. The van der Waals surface area contributed by atoms with Crippen LogP contribution in [0.4, 0.5) is 0 Å². The first-order valence-electron chi connectivity index (χ1n) is 5.21. The van der Waals surface area contributed by atoms with Crippen LogP contribution in [0.1, 0.15) is 13.8 Å². The molecule has 4 nitrogen and oxygen atoms in total. The molecular weight excluding hydrogens is 188 g/mol. The third kappa shape index (κ3) is 1.33. The maximum absolute atomic E-state index is 6.14. The van der Waals surface area contributed by atoms with Crippen LogP contribution < -0.4 is 21.9 Å². The second kappa shape index (κ2) is 3.31. The van der Waals surface area contributed by atoms with Crippen LogP contribution in [0.25, 0.3) is 0 Å². The number of fused-ring (bicyclic) bond motifs is 1. The Kier molecular flexibility index (Phi) is 2.23. The van der Waals surface area contributed by atoms with Crippen LogP contribution >= 0.6 is 0 Å². The second-order valence-corrected chi connectivity index (χ2v) is 4.30. The lowest BCUT2D eigenvalue weighted by Gasteiger charge is -2.38. The Morgan fingerprint density at radius 3 is 2.80 bits per heavy atom. The van der Waals surface area contributed by atoms with Crippen molar-refractivity contribution in [1.29, 1.82) is 0 Å². The van der Waals surface area contributed by atoms with Crippen LogP contribution in [0.5, 0.6) is 0 Å². The van der Waals surface area contributed by atoms with E-state index in [1.807, 2.05) is 19.3 Å². The molecule has 5 N–H and O–H groups in total. The molecule has 0 fully saturated rings. The fraction of sp³-hybridized carbons (Fsp3) is 0.455. The molecule has 1 aliphatic heterocycles. The van der Waals surface area contributed by atoms with Crippen LogP contribution in [0, 0.1) is 5.92 Å². The summed E-state index contributed by atoms with van der Waals surface area (Å²) in [4.78, 5) is 0. The van der Waals surface area contributed by atoms with Gasteiger partial charge in [0.15, 0.2) is 0 Å². The quantitative estimate of drug-likeness (QED) is 0.526. The fourth-order valence-electron chi connectivity index (χ4n) is 2.18. The van der Waals surface area contributed by atoms with Crippen molar-refractivity contribution < 1.29 is 0 Å². The zero-order valence-electron chi connectivity index (χ0n) is 9.39. The van der Waals surface area contributed by atoms with E-state index >= 15 is 0 Å². The summed E-state index contributed by atoms with van der Waals surface area (Å²) in [6.07, 6.45) is 6.08. The SMILES string of the molecule is CNC1(C(C)C)C=C2NNC=C2C=C1N. The molecule has 1 aliphatic carbocycles. The van der Waals surface area contributed by atoms with Crippen LogP contribution in [0.15, 0.2) is 35.3 Å². The average Bonchev–Trinajstić information content (AvgIpc) is 2.62. The number of nitrogens with two attached hydrogens (primary N) is 1. The minimum atomic E-state index is -0.244. The van der Waals surface area contributed by atoms with E-state index < -0.39 is 0 Å². The van der Waals surface area contributed by atoms with Crippen LogP contribution in [-0.2, 0) is 0 Å². The number of hydrogen-bond acceptors (Lipinski definition) is 4. The minimum Gasteiger partial charge on any atom is -0.400 e. The van der Waals surface area contributed by atoms with Gasteiger partial charge in [-0.3, -0.25) is 0 Å². The van der Waals surface area contributed by atoms with Gasteiger partial charge in [-0.1, -0.05) is 13.8 Å². The summed E-state index contributed by atoms with van der Waals surface area (Å²) in [5, 5.41) is 3.31.